The third kappa shape index (κ3) is 4.04. The summed E-state index contributed by atoms with van der Waals surface area (Å²) in [5.74, 6) is -1.21. The molecule has 1 unspecified atom stereocenters. The summed E-state index contributed by atoms with van der Waals surface area (Å²) >= 11 is 0. The van der Waals surface area contributed by atoms with Crippen LogP contribution in [0.25, 0.3) is 11.1 Å². The van der Waals surface area contributed by atoms with Crippen molar-refractivity contribution in [1.29, 1.82) is 0 Å². The first-order valence-corrected chi connectivity index (χ1v) is 12.1. The highest BCUT2D eigenvalue weighted by Gasteiger charge is 2.45. The van der Waals surface area contributed by atoms with Crippen LogP contribution in [0.1, 0.15) is 55.6 Å². The molecule has 0 radical (unpaired) electrons. The van der Waals surface area contributed by atoms with Crippen molar-refractivity contribution >= 4 is 18.0 Å². The summed E-state index contributed by atoms with van der Waals surface area (Å²) < 4.78 is 5.63. The molecule has 7 nitrogen and oxygen atoms in total. The molecule has 3 N–H and O–H groups in total. The largest absolute Gasteiger partial charge is 0.481 e. The second-order valence-electron chi connectivity index (χ2n) is 9.80. The third-order valence-electron chi connectivity index (χ3n) is 7.89. The van der Waals surface area contributed by atoms with E-state index in [4.69, 9.17) is 4.74 Å². The monoisotopic (exact) mass is 462 g/mol. The van der Waals surface area contributed by atoms with Crippen LogP contribution in [0.5, 0.6) is 0 Å². The van der Waals surface area contributed by atoms with Gasteiger partial charge in [0.25, 0.3) is 0 Å². The number of aliphatic carboxylic acids is 1. The van der Waals surface area contributed by atoms with Crippen LogP contribution in [0, 0.1) is 11.3 Å². The predicted octanol–water partition coefficient (Wildman–Crippen LogP) is 4.06. The first-order valence-electron chi connectivity index (χ1n) is 12.1. The van der Waals surface area contributed by atoms with Gasteiger partial charge in [0.1, 0.15) is 12.6 Å². The number of amides is 2. The zero-order valence-electron chi connectivity index (χ0n) is 19.1. The van der Waals surface area contributed by atoms with E-state index in [9.17, 15) is 19.5 Å². The van der Waals surface area contributed by atoms with Gasteiger partial charge in [-0.3, -0.25) is 9.59 Å². The molecule has 0 saturated heterocycles. The van der Waals surface area contributed by atoms with Crippen molar-refractivity contribution in [2.45, 2.75) is 50.5 Å². The van der Waals surface area contributed by atoms with Gasteiger partial charge in [0.15, 0.2) is 0 Å². The second-order valence-corrected chi connectivity index (χ2v) is 9.80. The number of carboxylic acid groups (broad SMARTS) is 1. The van der Waals surface area contributed by atoms with Crippen LogP contribution < -0.4 is 10.6 Å². The fourth-order valence-electron chi connectivity index (χ4n) is 5.37. The molecule has 0 aromatic heterocycles. The fourth-order valence-corrected chi connectivity index (χ4v) is 5.37. The molecule has 1 atom stereocenters. The zero-order chi connectivity index (χ0) is 23.7. The van der Waals surface area contributed by atoms with E-state index in [1.54, 1.807) is 0 Å². The number of ether oxygens (including phenoxy) is 1. The van der Waals surface area contributed by atoms with Gasteiger partial charge in [-0.15, -0.1) is 0 Å². The molecule has 0 bridgehead atoms. The molecule has 2 aromatic carbocycles. The third-order valence-corrected chi connectivity index (χ3v) is 7.89. The van der Waals surface area contributed by atoms with Gasteiger partial charge < -0.3 is 20.5 Å². The van der Waals surface area contributed by atoms with Crippen LogP contribution >= 0.6 is 0 Å². The molecule has 5 rings (SSSR count). The number of nitrogens with one attached hydrogen (secondary N) is 2. The van der Waals surface area contributed by atoms with Gasteiger partial charge >= 0.3 is 12.1 Å². The SMILES string of the molecule is O=C(NC(C(=O)NCC1(C(=O)O)CCC1)C1CCC1)OCC1c2ccccc2-c2ccccc21. The number of fused-ring (bicyclic) bond motifs is 3. The predicted molar refractivity (Wildman–Crippen MR) is 126 cm³/mol. The molecule has 2 fully saturated rings. The van der Waals surface area contributed by atoms with Crippen LogP contribution in [0.4, 0.5) is 4.79 Å². The summed E-state index contributed by atoms with van der Waals surface area (Å²) in [6.45, 7) is 0.276. The Morgan fingerprint density at radius 3 is 2.09 bits per heavy atom. The molecule has 2 aromatic rings. The molecule has 2 amide bonds. The van der Waals surface area contributed by atoms with Crippen molar-refractivity contribution < 1.29 is 24.2 Å². The van der Waals surface area contributed by atoms with E-state index < -0.39 is 23.5 Å². The van der Waals surface area contributed by atoms with Crippen molar-refractivity contribution in [3.05, 3.63) is 59.7 Å². The first kappa shape index (κ1) is 22.4. The van der Waals surface area contributed by atoms with Crippen molar-refractivity contribution in [3.63, 3.8) is 0 Å². The van der Waals surface area contributed by atoms with E-state index in [1.807, 2.05) is 24.3 Å². The smallest absolute Gasteiger partial charge is 0.407 e. The summed E-state index contributed by atoms with van der Waals surface area (Å²) in [5, 5.41) is 15.1. The number of carbonyl (C=O) groups is 3. The Balaban J connectivity index is 1.22. The van der Waals surface area contributed by atoms with Crippen LogP contribution in [0.2, 0.25) is 0 Å². The van der Waals surface area contributed by atoms with Crippen LogP contribution in [0.3, 0.4) is 0 Å². The molecule has 0 aliphatic heterocycles. The molecule has 3 aliphatic carbocycles. The zero-order valence-corrected chi connectivity index (χ0v) is 19.1. The van der Waals surface area contributed by atoms with E-state index in [-0.39, 0.29) is 30.9 Å². The number of rotatable bonds is 8. The molecule has 178 valence electrons. The van der Waals surface area contributed by atoms with Gasteiger partial charge in [0.2, 0.25) is 5.91 Å². The Kier molecular flexibility index (Phi) is 6.02. The molecule has 0 spiro atoms. The summed E-state index contributed by atoms with van der Waals surface area (Å²) in [5.41, 5.74) is 3.70. The van der Waals surface area contributed by atoms with Gasteiger partial charge in [-0.2, -0.15) is 0 Å². The number of carboxylic acids is 1. The highest BCUT2D eigenvalue weighted by molar-refractivity contribution is 5.87. The molecule has 3 aliphatic rings. The average Bonchev–Trinajstić information content (AvgIpc) is 3.09. The Hall–Kier alpha value is -3.35. The lowest BCUT2D eigenvalue weighted by atomic mass is 9.68. The normalized spacial score (nSPS) is 19.1. The second kappa shape index (κ2) is 9.12. The lowest BCUT2D eigenvalue weighted by Gasteiger charge is -2.39. The minimum absolute atomic E-state index is 0.0441. The number of carbonyl (C=O) groups excluding carboxylic acids is 2. The number of hydrogen-bond donors (Lipinski definition) is 3. The lowest BCUT2D eigenvalue weighted by molar-refractivity contribution is -0.154. The first-order chi connectivity index (χ1) is 16.5. The van der Waals surface area contributed by atoms with E-state index in [1.165, 1.54) is 0 Å². The summed E-state index contributed by atoms with van der Waals surface area (Å²) in [6, 6.07) is 15.6. The van der Waals surface area contributed by atoms with E-state index in [0.29, 0.717) is 12.8 Å². The lowest BCUT2D eigenvalue weighted by Crippen LogP contribution is -2.56. The van der Waals surface area contributed by atoms with Crippen LogP contribution in [-0.4, -0.2) is 42.3 Å². The maximum atomic E-state index is 12.9. The van der Waals surface area contributed by atoms with Crippen molar-refractivity contribution in [2.75, 3.05) is 13.2 Å². The Labute approximate surface area is 198 Å². The van der Waals surface area contributed by atoms with Gasteiger partial charge in [0, 0.05) is 12.5 Å². The Morgan fingerprint density at radius 2 is 1.59 bits per heavy atom. The Bertz CT molecular complexity index is 1060. The molecule has 34 heavy (non-hydrogen) atoms. The molecule has 0 heterocycles. The summed E-state index contributed by atoms with van der Waals surface area (Å²) in [4.78, 5) is 37.3. The average molecular weight is 463 g/mol. The van der Waals surface area contributed by atoms with Crippen molar-refractivity contribution in [1.82, 2.24) is 10.6 Å². The van der Waals surface area contributed by atoms with E-state index >= 15 is 0 Å². The summed E-state index contributed by atoms with van der Waals surface area (Å²) in [6.07, 6.45) is 4.09. The van der Waals surface area contributed by atoms with Crippen LogP contribution in [0.15, 0.2) is 48.5 Å². The maximum absolute atomic E-state index is 12.9. The molecular weight excluding hydrogens is 432 g/mol. The fraction of sp³-hybridized carbons (Fsp3) is 0.444. The van der Waals surface area contributed by atoms with Crippen molar-refractivity contribution in [2.24, 2.45) is 11.3 Å². The maximum Gasteiger partial charge on any atom is 0.407 e. The van der Waals surface area contributed by atoms with Crippen molar-refractivity contribution in [3.8, 4) is 11.1 Å². The van der Waals surface area contributed by atoms with E-state index in [2.05, 4.69) is 34.9 Å². The van der Waals surface area contributed by atoms with E-state index in [0.717, 1.165) is 47.9 Å². The number of hydrogen-bond acceptors (Lipinski definition) is 4. The number of alkyl carbamates (subject to hydrolysis) is 1. The molecular formula is C27H30N2O5. The highest BCUT2D eigenvalue weighted by atomic mass is 16.5. The van der Waals surface area contributed by atoms with Crippen LogP contribution in [-0.2, 0) is 14.3 Å². The quantitative estimate of drug-likeness (QED) is 0.549. The summed E-state index contributed by atoms with van der Waals surface area (Å²) in [7, 11) is 0. The number of benzene rings is 2. The van der Waals surface area contributed by atoms with Gasteiger partial charge in [-0.05, 0) is 53.9 Å². The Morgan fingerprint density at radius 1 is 0.971 bits per heavy atom. The minimum Gasteiger partial charge on any atom is -0.481 e. The molecule has 7 heteroatoms. The van der Waals surface area contributed by atoms with Gasteiger partial charge in [-0.1, -0.05) is 61.4 Å². The highest BCUT2D eigenvalue weighted by Crippen LogP contribution is 2.44. The van der Waals surface area contributed by atoms with Gasteiger partial charge in [0.05, 0.1) is 5.41 Å². The van der Waals surface area contributed by atoms with Gasteiger partial charge in [-0.25, -0.2) is 4.79 Å². The minimum atomic E-state index is -0.872. The standard InChI is InChI=1S/C27H30N2O5/c30-24(28-16-27(25(31)32)13-6-14-27)23(17-7-5-8-17)29-26(33)34-15-22-20-11-3-1-9-18(20)19-10-2-4-12-21(19)22/h1-4,9-12,17,22-23H,5-8,13-16H2,(H,28,30)(H,29,33)(H,31,32). The molecule has 2 saturated carbocycles. The topological polar surface area (TPSA) is 105 Å².